The van der Waals surface area contributed by atoms with Gasteiger partial charge in [-0.25, -0.2) is 0 Å². The first kappa shape index (κ1) is 18.0. The smallest absolute Gasteiger partial charge is 0.0324 e. The highest BCUT2D eigenvalue weighted by Crippen LogP contribution is 2.43. The van der Waals surface area contributed by atoms with E-state index in [-0.39, 0.29) is 0 Å². The molecule has 0 saturated carbocycles. The van der Waals surface area contributed by atoms with Crippen molar-refractivity contribution in [1.29, 1.82) is 0 Å². The van der Waals surface area contributed by atoms with Gasteiger partial charge < -0.3 is 0 Å². The van der Waals surface area contributed by atoms with Gasteiger partial charge in [-0.3, -0.25) is 0 Å². The standard InChI is InChI=1S/C18H38/c1-11(2)16(12(3)4)18(15(9)10)17(13(5)6)14(7)8/h11-18H,1-10H3. The summed E-state index contributed by atoms with van der Waals surface area (Å²) in [5.74, 6) is 6.49. The lowest BCUT2D eigenvalue weighted by molar-refractivity contribution is 0.0388. The zero-order chi connectivity index (χ0) is 14.6. The van der Waals surface area contributed by atoms with Crippen LogP contribution in [0.15, 0.2) is 0 Å². The highest BCUT2D eigenvalue weighted by molar-refractivity contribution is 4.86. The Morgan fingerprint density at radius 2 is 0.444 bits per heavy atom. The molecular weight excluding hydrogens is 216 g/mol. The summed E-state index contributed by atoms with van der Waals surface area (Å²) in [6, 6.07) is 0. The van der Waals surface area contributed by atoms with Crippen LogP contribution in [0.25, 0.3) is 0 Å². The van der Waals surface area contributed by atoms with Gasteiger partial charge in [0.1, 0.15) is 0 Å². The molecule has 0 N–H and O–H groups in total. The normalized spacial score (nSPS) is 13.7. The average molecular weight is 255 g/mol. The van der Waals surface area contributed by atoms with Gasteiger partial charge in [0.05, 0.1) is 0 Å². The van der Waals surface area contributed by atoms with Crippen molar-refractivity contribution in [3.63, 3.8) is 0 Å². The molecule has 0 nitrogen and oxygen atoms in total. The second-order valence-corrected chi connectivity index (χ2v) is 7.95. The molecule has 18 heavy (non-hydrogen) atoms. The molecule has 0 radical (unpaired) electrons. The van der Waals surface area contributed by atoms with Crippen LogP contribution in [0.2, 0.25) is 0 Å². The molecule has 0 aliphatic rings. The van der Waals surface area contributed by atoms with Gasteiger partial charge in [-0.15, -0.1) is 0 Å². The Labute approximate surface area is 117 Å². The summed E-state index contributed by atoms with van der Waals surface area (Å²) >= 11 is 0. The Morgan fingerprint density at radius 1 is 0.278 bits per heavy atom. The molecule has 0 rings (SSSR count). The fraction of sp³-hybridized carbons (Fsp3) is 1.00. The van der Waals surface area contributed by atoms with E-state index in [2.05, 4.69) is 69.2 Å². The second kappa shape index (κ2) is 7.56. The van der Waals surface area contributed by atoms with Crippen LogP contribution in [0.4, 0.5) is 0 Å². The van der Waals surface area contributed by atoms with Crippen molar-refractivity contribution in [1.82, 2.24) is 0 Å². The Balaban J connectivity index is 5.37. The van der Waals surface area contributed by atoms with E-state index in [9.17, 15) is 0 Å². The molecule has 0 heteroatoms. The first-order valence-corrected chi connectivity index (χ1v) is 8.11. The molecule has 0 heterocycles. The van der Waals surface area contributed by atoms with Crippen LogP contribution in [-0.2, 0) is 0 Å². The maximum absolute atomic E-state index is 2.43. The van der Waals surface area contributed by atoms with E-state index >= 15 is 0 Å². The van der Waals surface area contributed by atoms with Crippen molar-refractivity contribution in [2.24, 2.45) is 47.3 Å². The zero-order valence-corrected chi connectivity index (χ0v) is 14.6. The highest BCUT2D eigenvalue weighted by atomic mass is 14.4. The van der Waals surface area contributed by atoms with E-state index in [4.69, 9.17) is 0 Å². The average Bonchev–Trinajstić information content (AvgIpc) is 2.13. The Morgan fingerprint density at radius 3 is 0.556 bits per heavy atom. The summed E-state index contributed by atoms with van der Waals surface area (Å²) < 4.78 is 0. The summed E-state index contributed by atoms with van der Waals surface area (Å²) in [4.78, 5) is 0. The van der Waals surface area contributed by atoms with Crippen molar-refractivity contribution in [2.75, 3.05) is 0 Å². The minimum Gasteiger partial charge on any atom is -0.0625 e. The summed E-state index contributed by atoms with van der Waals surface area (Å²) in [6.07, 6.45) is 0. The van der Waals surface area contributed by atoms with Crippen LogP contribution in [-0.4, -0.2) is 0 Å². The van der Waals surface area contributed by atoms with Crippen LogP contribution in [0.5, 0.6) is 0 Å². The zero-order valence-electron chi connectivity index (χ0n) is 14.6. The van der Waals surface area contributed by atoms with Crippen LogP contribution in [0, 0.1) is 47.3 Å². The van der Waals surface area contributed by atoms with E-state index in [1.165, 1.54) is 0 Å². The van der Waals surface area contributed by atoms with Gasteiger partial charge in [-0.2, -0.15) is 0 Å². The van der Waals surface area contributed by atoms with Gasteiger partial charge in [0.25, 0.3) is 0 Å². The molecule has 0 fully saturated rings. The molecule has 0 aliphatic heterocycles. The Hall–Kier alpha value is 0. The molecular formula is C18H38. The van der Waals surface area contributed by atoms with Crippen molar-refractivity contribution < 1.29 is 0 Å². The largest absolute Gasteiger partial charge is 0.0625 e. The summed E-state index contributed by atoms with van der Waals surface area (Å²) in [7, 11) is 0. The number of rotatable bonds is 7. The van der Waals surface area contributed by atoms with E-state index in [0.29, 0.717) is 0 Å². The predicted octanol–water partition coefficient (Wildman–Crippen LogP) is 6.12. The summed E-state index contributed by atoms with van der Waals surface area (Å²) in [5, 5.41) is 0. The van der Waals surface area contributed by atoms with Crippen molar-refractivity contribution in [2.45, 2.75) is 69.2 Å². The van der Waals surface area contributed by atoms with Crippen LogP contribution >= 0.6 is 0 Å². The van der Waals surface area contributed by atoms with Gasteiger partial charge in [-0.1, -0.05) is 69.2 Å². The lowest BCUT2D eigenvalue weighted by atomic mass is 9.61. The van der Waals surface area contributed by atoms with Gasteiger partial charge in [0.2, 0.25) is 0 Å². The highest BCUT2D eigenvalue weighted by Gasteiger charge is 2.37. The van der Waals surface area contributed by atoms with Gasteiger partial charge in [-0.05, 0) is 47.3 Å². The molecule has 0 amide bonds. The fourth-order valence-corrected chi connectivity index (χ4v) is 4.46. The second-order valence-electron chi connectivity index (χ2n) is 7.95. The molecule has 0 unspecified atom stereocenters. The lowest BCUT2D eigenvalue weighted by Gasteiger charge is -2.44. The maximum Gasteiger partial charge on any atom is -0.0324 e. The molecule has 0 aromatic rings. The third-order valence-electron chi connectivity index (χ3n) is 4.74. The van der Waals surface area contributed by atoms with Crippen molar-refractivity contribution >= 4 is 0 Å². The Bertz CT molecular complexity index is 174. The molecule has 0 spiro atoms. The predicted molar refractivity (Wildman–Crippen MR) is 84.7 cm³/mol. The van der Waals surface area contributed by atoms with E-state index in [1.54, 1.807) is 0 Å². The Kier molecular flexibility index (Phi) is 7.56. The van der Waals surface area contributed by atoms with E-state index < -0.39 is 0 Å². The quantitative estimate of drug-likeness (QED) is 0.514. The summed E-state index contributed by atoms with van der Waals surface area (Å²) in [6.45, 7) is 24.2. The van der Waals surface area contributed by atoms with Gasteiger partial charge in [0, 0.05) is 0 Å². The molecule has 0 aromatic carbocycles. The first-order valence-electron chi connectivity index (χ1n) is 8.11. The van der Waals surface area contributed by atoms with Crippen molar-refractivity contribution in [3.8, 4) is 0 Å². The van der Waals surface area contributed by atoms with Crippen molar-refractivity contribution in [3.05, 3.63) is 0 Å². The fourth-order valence-electron chi connectivity index (χ4n) is 4.46. The monoisotopic (exact) mass is 254 g/mol. The van der Waals surface area contributed by atoms with Crippen LogP contribution in [0.3, 0.4) is 0 Å². The maximum atomic E-state index is 2.43. The molecule has 110 valence electrons. The van der Waals surface area contributed by atoms with Crippen LogP contribution in [0.1, 0.15) is 69.2 Å². The third kappa shape index (κ3) is 4.59. The molecule has 0 atom stereocenters. The topological polar surface area (TPSA) is 0 Å². The number of hydrogen-bond acceptors (Lipinski definition) is 0. The minimum atomic E-state index is 0.787. The molecule has 0 aromatic heterocycles. The minimum absolute atomic E-state index is 0.787. The summed E-state index contributed by atoms with van der Waals surface area (Å²) in [5.41, 5.74) is 0. The van der Waals surface area contributed by atoms with E-state index in [1.807, 2.05) is 0 Å². The molecule has 0 aliphatic carbocycles. The van der Waals surface area contributed by atoms with Crippen LogP contribution < -0.4 is 0 Å². The molecule has 0 saturated heterocycles. The molecule has 0 bridgehead atoms. The first-order chi connectivity index (χ1) is 8.11. The van der Waals surface area contributed by atoms with Gasteiger partial charge >= 0.3 is 0 Å². The van der Waals surface area contributed by atoms with E-state index in [0.717, 1.165) is 47.3 Å². The van der Waals surface area contributed by atoms with Gasteiger partial charge in [0.15, 0.2) is 0 Å². The third-order valence-corrected chi connectivity index (χ3v) is 4.74. The number of hydrogen-bond donors (Lipinski definition) is 0. The lowest BCUT2D eigenvalue weighted by Crippen LogP contribution is -2.39. The SMILES string of the molecule is CC(C)C(C(C)C)C(C(C)C)C(C(C)C)C(C)C.